The van der Waals surface area contributed by atoms with Crippen LogP contribution in [0.15, 0.2) is 97.1 Å². The van der Waals surface area contributed by atoms with Gasteiger partial charge in [0.05, 0.1) is 43.4 Å². The Labute approximate surface area is 253 Å². The fraction of sp³-hybridized carbons (Fsp3) is 0.226. The molecule has 0 saturated heterocycles. The Balaban J connectivity index is 0.00000130. The molecule has 0 aliphatic carbocycles. The van der Waals surface area contributed by atoms with Gasteiger partial charge in [0, 0.05) is 0 Å². The SMILES string of the molecule is C[NH+](C)C.FC(F)(F)c1cc[c]([Al-]([c]2ccc(C(F)(F)F)cc2)([c]2ccc(C(F)(F)F)cc2)[c]2ccc(C(F)(F)F)cc2)cc1. The minimum Gasteiger partial charge on any atom is -0.342 e. The smallest absolute Gasteiger partial charge is 0.342 e. The first kappa shape index (κ1) is 36.0. The largest absolute Gasteiger partial charge is 0.416 e. The maximum Gasteiger partial charge on any atom is 0.416 e. The third-order valence-electron chi connectivity index (χ3n) is 6.95. The highest BCUT2D eigenvalue weighted by molar-refractivity contribution is 7.19. The van der Waals surface area contributed by atoms with Crippen LogP contribution in [0.2, 0.25) is 0 Å². The van der Waals surface area contributed by atoms with E-state index in [2.05, 4.69) is 21.1 Å². The van der Waals surface area contributed by atoms with E-state index in [4.69, 9.17) is 0 Å². The van der Waals surface area contributed by atoms with Gasteiger partial charge in [-0.15, -0.1) is 48.5 Å². The molecule has 0 fully saturated rings. The topological polar surface area (TPSA) is 4.44 Å². The summed E-state index contributed by atoms with van der Waals surface area (Å²) in [5.74, 6) is 0. The normalized spacial score (nSPS) is 13.0. The van der Waals surface area contributed by atoms with Crippen molar-refractivity contribution in [1.82, 2.24) is 0 Å². The van der Waals surface area contributed by atoms with Gasteiger partial charge < -0.3 is 4.90 Å². The summed E-state index contributed by atoms with van der Waals surface area (Å²) in [5.41, 5.74) is -4.27. The number of benzene rings is 4. The molecule has 0 bridgehead atoms. The van der Waals surface area contributed by atoms with Gasteiger partial charge in [0.15, 0.2) is 0 Å². The molecule has 4 aromatic rings. The van der Waals surface area contributed by atoms with Gasteiger partial charge in [-0.3, -0.25) is 0 Å². The maximum absolute atomic E-state index is 13.3. The Kier molecular flexibility index (Phi) is 10.5. The quantitative estimate of drug-likeness (QED) is 0.204. The summed E-state index contributed by atoms with van der Waals surface area (Å²) in [6.45, 7) is 0. The molecule has 0 unspecified atom stereocenters. The van der Waals surface area contributed by atoms with Crippen molar-refractivity contribution in [2.75, 3.05) is 21.1 Å². The Morgan fingerprint density at radius 3 is 0.578 bits per heavy atom. The van der Waals surface area contributed by atoms with Gasteiger partial charge in [-0.25, -0.2) is 17.7 Å². The zero-order chi connectivity index (χ0) is 34.0. The summed E-state index contributed by atoms with van der Waals surface area (Å²) in [7, 11) is 6.25. The highest BCUT2D eigenvalue weighted by Crippen LogP contribution is 2.32. The molecule has 0 radical (unpaired) electrons. The first-order chi connectivity index (χ1) is 20.6. The lowest BCUT2D eigenvalue weighted by Crippen LogP contribution is -3.02. The summed E-state index contributed by atoms with van der Waals surface area (Å²) >= 11 is -4.53. The molecule has 1 N–H and O–H groups in total. The van der Waals surface area contributed by atoms with Crippen LogP contribution in [-0.4, -0.2) is 34.2 Å². The van der Waals surface area contributed by atoms with Crippen molar-refractivity contribution in [3.05, 3.63) is 119 Å². The lowest BCUT2D eigenvalue weighted by atomic mass is 10.2. The molecule has 0 atom stereocenters. The summed E-state index contributed by atoms with van der Waals surface area (Å²) in [5, 5.41) is 0. The Bertz CT molecular complexity index is 1290. The molecule has 0 saturated carbocycles. The van der Waals surface area contributed by atoms with Crippen LogP contribution in [0, 0.1) is 0 Å². The number of rotatable bonds is 4. The van der Waals surface area contributed by atoms with Crippen LogP contribution in [0.4, 0.5) is 52.7 Å². The summed E-state index contributed by atoms with van der Waals surface area (Å²) < 4.78 is 161. The van der Waals surface area contributed by atoms with Crippen LogP contribution in [0.1, 0.15) is 22.3 Å². The first-order valence-electron chi connectivity index (χ1n) is 13.2. The second-order valence-electron chi connectivity index (χ2n) is 10.8. The molecule has 4 aromatic carbocycles. The number of alkyl halides is 12. The summed E-state index contributed by atoms with van der Waals surface area (Å²) in [6, 6.07) is 14.1. The van der Waals surface area contributed by atoms with E-state index in [0.29, 0.717) is 48.5 Å². The molecule has 0 aromatic heterocycles. The van der Waals surface area contributed by atoms with Crippen molar-refractivity contribution in [3.63, 3.8) is 0 Å². The average molecular weight is 668 g/mol. The molecule has 4 rings (SSSR count). The summed E-state index contributed by atoms with van der Waals surface area (Å²) in [4.78, 5) is 1.42. The molecule has 14 heteroatoms. The zero-order valence-corrected chi connectivity index (χ0v) is 25.0. The summed E-state index contributed by atoms with van der Waals surface area (Å²) in [6.07, 6.45) is -19.0. The molecular weight excluding hydrogens is 641 g/mol. The molecule has 0 spiro atoms. The molecule has 0 amide bonds. The van der Waals surface area contributed by atoms with E-state index >= 15 is 0 Å². The Morgan fingerprint density at radius 2 is 0.467 bits per heavy atom. The van der Waals surface area contributed by atoms with E-state index in [9.17, 15) is 52.7 Å². The monoisotopic (exact) mass is 667 g/mol. The lowest BCUT2D eigenvalue weighted by Gasteiger charge is -2.41. The Morgan fingerprint density at radius 1 is 0.333 bits per heavy atom. The molecule has 45 heavy (non-hydrogen) atoms. The van der Waals surface area contributed by atoms with Gasteiger partial charge in [-0.1, -0.05) is 48.5 Å². The van der Waals surface area contributed by atoms with Gasteiger partial charge in [-0.05, 0) is 0 Å². The van der Waals surface area contributed by atoms with Crippen molar-refractivity contribution in [1.29, 1.82) is 0 Å². The zero-order valence-electron chi connectivity index (χ0n) is 23.9. The third kappa shape index (κ3) is 8.42. The van der Waals surface area contributed by atoms with Gasteiger partial charge in [0.25, 0.3) is 13.1 Å². The van der Waals surface area contributed by atoms with Crippen molar-refractivity contribution in [2.45, 2.75) is 24.7 Å². The van der Waals surface area contributed by atoms with Crippen LogP contribution in [0.3, 0.4) is 0 Å². The van der Waals surface area contributed by atoms with E-state index < -0.39 is 60.0 Å². The third-order valence-corrected chi connectivity index (χ3v) is 12.5. The van der Waals surface area contributed by atoms with E-state index in [1.165, 1.54) is 4.90 Å². The van der Waals surface area contributed by atoms with Crippen LogP contribution in [0.5, 0.6) is 0 Å². The van der Waals surface area contributed by atoms with Crippen molar-refractivity contribution < 1.29 is 57.6 Å². The molecule has 0 aliphatic heterocycles. The number of quaternary nitrogens is 1. The van der Waals surface area contributed by atoms with Gasteiger partial charge >= 0.3 is 24.7 Å². The number of hydrogen-bond acceptors (Lipinski definition) is 0. The number of hydrogen-bond donors (Lipinski definition) is 1. The van der Waals surface area contributed by atoms with E-state index in [-0.39, 0.29) is 17.7 Å². The molecule has 0 aliphatic rings. The fourth-order valence-electron chi connectivity index (χ4n) is 5.00. The minimum atomic E-state index is -4.76. The number of nitrogens with one attached hydrogen (secondary N) is 1. The number of halogens is 12. The van der Waals surface area contributed by atoms with Crippen LogP contribution in [-0.2, 0) is 24.7 Å². The molecular formula is C31H26AlF12N. The predicted molar refractivity (Wildman–Crippen MR) is 149 cm³/mol. The average Bonchev–Trinajstić information content (AvgIpc) is 2.92. The van der Waals surface area contributed by atoms with Gasteiger partial charge in [0.2, 0.25) is 0 Å². The van der Waals surface area contributed by atoms with Crippen molar-refractivity contribution >= 4 is 30.8 Å². The van der Waals surface area contributed by atoms with Gasteiger partial charge in [-0.2, -0.15) is 52.7 Å². The predicted octanol–water partition coefficient (Wildman–Crippen LogP) is 5.90. The molecule has 1 nitrogen and oxygen atoms in total. The van der Waals surface area contributed by atoms with Crippen molar-refractivity contribution in [3.8, 4) is 0 Å². The van der Waals surface area contributed by atoms with Crippen LogP contribution in [0.25, 0.3) is 0 Å². The lowest BCUT2D eigenvalue weighted by molar-refractivity contribution is -0.836. The highest BCUT2D eigenvalue weighted by Gasteiger charge is 2.40. The van der Waals surface area contributed by atoms with E-state index in [1.807, 2.05) is 0 Å². The van der Waals surface area contributed by atoms with Crippen LogP contribution < -0.4 is 22.6 Å². The second-order valence-corrected chi connectivity index (χ2v) is 15.2. The first-order valence-corrected chi connectivity index (χ1v) is 15.5. The van der Waals surface area contributed by atoms with Gasteiger partial charge in [0.1, 0.15) is 0 Å². The molecule has 242 valence electrons. The van der Waals surface area contributed by atoms with Crippen LogP contribution >= 0.6 is 0 Å². The second kappa shape index (κ2) is 13.1. The fourth-order valence-corrected chi connectivity index (χ4v) is 10.4. The molecule has 0 heterocycles. The standard InChI is InChI=1S/4C7H4F3.C3H9N.Al/c4*8-7(9,10)6-4-2-1-3-5-6;1-4(2)3;/h4*2-5H;1-3H3;/q;;;;;-1/p+1. The Hall–Kier alpha value is -3.47. The van der Waals surface area contributed by atoms with Crippen molar-refractivity contribution in [2.24, 2.45) is 0 Å². The van der Waals surface area contributed by atoms with E-state index in [0.717, 1.165) is 48.5 Å². The van der Waals surface area contributed by atoms with E-state index in [1.54, 1.807) is 0 Å². The minimum absolute atomic E-state index is 0.116. The maximum atomic E-state index is 13.3. The highest BCUT2D eigenvalue weighted by atomic mass is 27.2.